The van der Waals surface area contributed by atoms with E-state index in [1.807, 2.05) is 0 Å². The predicted octanol–water partition coefficient (Wildman–Crippen LogP) is 7.39. The van der Waals surface area contributed by atoms with Crippen molar-refractivity contribution in [2.45, 2.75) is 99.3 Å². The van der Waals surface area contributed by atoms with Crippen LogP contribution in [0.1, 0.15) is 99.3 Å². The van der Waals surface area contributed by atoms with Gasteiger partial charge in [0.1, 0.15) is 0 Å². The van der Waals surface area contributed by atoms with Crippen LogP contribution in [-0.4, -0.2) is 0 Å². The molecule has 0 aromatic heterocycles. The van der Waals surface area contributed by atoms with Crippen LogP contribution < -0.4 is 0 Å². The van der Waals surface area contributed by atoms with Gasteiger partial charge in [-0.3, -0.25) is 0 Å². The van der Waals surface area contributed by atoms with E-state index in [1.165, 1.54) is 63.4 Å². The van der Waals surface area contributed by atoms with Gasteiger partial charge in [-0.25, -0.2) is 0 Å². The molecule has 0 aliphatic rings. The number of hydrogen-bond donors (Lipinski definition) is 0. The minimum absolute atomic E-state index is 0.901. The summed E-state index contributed by atoms with van der Waals surface area (Å²) in [4.78, 5) is 0. The van der Waals surface area contributed by atoms with Crippen LogP contribution in [-0.2, 0) is 0 Å². The molecule has 0 heterocycles. The fourth-order valence-electron chi connectivity index (χ4n) is 2.78. The van der Waals surface area contributed by atoms with Crippen molar-refractivity contribution < 1.29 is 0 Å². The largest absolute Gasteiger partial charge is 0.0859 e. The molecule has 120 valence electrons. The summed E-state index contributed by atoms with van der Waals surface area (Å²) in [7, 11) is 0. The Morgan fingerprint density at radius 3 is 1.65 bits per heavy atom. The molecular weight excluding hydrogens is 240 g/mol. The summed E-state index contributed by atoms with van der Waals surface area (Å²) in [6.07, 6.45) is 15.0. The second-order valence-electron chi connectivity index (χ2n) is 7.44. The van der Waals surface area contributed by atoms with Gasteiger partial charge in [0.2, 0.25) is 0 Å². The lowest BCUT2D eigenvalue weighted by Gasteiger charge is -2.15. The maximum absolute atomic E-state index is 2.45. The number of rotatable bonds is 12. The van der Waals surface area contributed by atoms with Gasteiger partial charge in [0.25, 0.3) is 0 Å². The van der Waals surface area contributed by atoms with Crippen molar-refractivity contribution in [3.63, 3.8) is 0 Å². The summed E-state index contributed by atoms with van der Waals surface area (Å²) in [5.41, 5.74) is 1.46. The first-order chi connectivity index (χ1) is 9.45. The summed E-state index contributed by atoms with van der Waals surface area (Å²) >= 11 is 0. The molecule has 3 atom stereocenters. The first-order valence-corrected chi connectivity index (χ1v) is 9.09. The highest BCUT2D eigenvalue weighted by Crippen LogP contribution is 2.21. The predicted molar refractivity (Wildman–Crippen MR) is 94.2 cm³/mol. The molecule has 0 amide bonds. The van der Waals surface area contributed by atoms with Crippen molar-refractivity contribution in [1.82, 2.24) is 0 Å². The fourth-order valence-corrected chi connectivity index (χ4v) is 2.78. The van der Waals surface area contributed by atoms with Gasteiger partial charge in [0.15, 0.2) is 0 Å². The van der Waals surface area contributed by atoms with Gasteiger partial charge in [-0.1, -0.05) is 84.3 Å². The Balaban J connectivity index is 3.50. The van der Waals surface area contributed by atoms with E-state index in [1.54, 1.807) is 0 Å². The summed E-state index contributed by atoms with van der Waals surface area (Å²) in [6.45, 7) is 14.0. The van der Waals surface area contributed by atoms with Gasteiger partial charge in [0, 0.05) is 0 Å². The lowest BCUT2D eigenvalue weighted by Crippen LogP contribution is -2.00. The van der Waals surface area contributed by atoms with Gasteiger partial charge in [-0.05, 0) is 44.4 Å². The lowest BCUT2D eigenvalue weighted by molar-refractivity contribution is 0.386. The van der Waals surface area contributed by atoms with Crippen LogP contribution in [0, 0.1) is 17.8 Å². The topological polar surface area (TPSA) is 0 Å². The minimum atomic E-state index is 0.901. The van der Waals surface area contributed by atoms with E-state index in [0.29, 0.717) is 0 Å². The molecule has 0 aliphatic carbocycles. The molecule has 0 spiro atoms. The van der Waals surface area contributed by atoms with Gasteiger partial charge in [0.05, 0.1) is 0 Å². The fraction of sp³-hybridized carbons (Fsp3) is 0.900. The third-order valence-electron chi connectivity index (χ3n) is 4.70. The normalized spacial score (nSPS) is 15.7. The molecule has 0 aromatic rings. The van der Waals surface area contributed by atoms with E-state index < -0.39 is 0 Å². The lowest BCUT2D eigenvalue weighted by atomic mass is 9.91. The Kier molecular flexibility index (Phi) is 12.3. The van der Waals surface area contributed by atoms with E-state index in [2.05, 4.69) is 47.6 Å². The van der Waals surface area contributed by atoms with E-state index >= 15 is 0 Å². The van der Waals surface area contributed by atoms with Crippen molar-refractivity contribution in [2.24, 2.45) is 17.8 Å². The SMILES string of the molecule is CCC(C)CCCC(C)CCCC(C)CCC=C(C)C. The molecular formula is C20H40. The third-order valence-corrected chi connectivity index (χ3v) is 4.70. The number of allylic oxidation sites excluding steroid dienone is 2. The molecule has 0 nitrogen and oxygen atoms in total. The quantitative estimate of drug-likeness (QED) is 0.327. The number of hydrogen-bond acceptors (Lipinski definition) is 0. The monoisotopic (exact) mass is 280 g/mol. The zero-order valence-electron chi connectivity index (χ0n) is 15.2. The van der Waals surface area contributed by atoms with Gasteiger partial charge < -0.3 is 0 Å². The summed E-state index contributed by atoms with van der Waals surface area (Å²) in [6, 6.07) is 0. The molecule has 0 radical (unpaired) electrons. The highest BCUT2D eigenvalue weighted by atomic mass is 14.1. The Morgan fingerprint density at radius 1 is 0.750 bits per heavy atom. The molecule has 0 aliphatic heterocycles. The Labute approximate surface area is 129 Å². The van der Waals surface area contributed by atoms with E-state index in [9.17, 15) is 0 Å². The van der Waals surface area contributed by atoms with Crippen LogP contribution in [0.15, 0.2) is 11.6 Å². The molecule has 20 heavy (non-hydrogen) atoms. The maximum Gasteiger partial charge on any atom is -0.0346 e. The van der Waals surface area contributed by atoms with Crippen LogP contribution in [0.4, 0.5) is 0 Å². The zero-order chi connectivity index (χ0) is 15.4. The van der Waals surface area contributed by atoms with Gasteiger partial charge in [-0.15, -0.1) is 0 Å². The van der Waals surface area contributed by atoms with Crippen LogP contribution in [0.3, 0.4) is 0 Å². The standard InChI is InChI=1S/C20H40/c1-7-18(4)12-9-14-20(6)16-10-15-19(5)13-8-11-17(2)3/h11,18-20H,7-10,12-16H2,1-6H3. The average molecular weight is 281 g/mol. The average Bonchev–Trinajstić information content (AvgIpc) is 2.38. The molecule has 0 saturated heterocycles. The Hall–Kier alpha value is -0.260. The minimum Gasteiger partial charge on any atom is -0.0859 e. The van der Waals surface area contributed by atoms with E-state index in [4.69, 9.17) is 0 Å². The third kappa shape index (κ3) is 12.8. The Bertz CT molecular complexity index is 234. The van der Waals surface area contributed by atoms with Gasteiger partial charge >= 0.3 is 0 Å². The maximum atomic E-state index is 2.45. The highest BCUT2D eigenvalue weighted by Gasteiger charge is 2.06. The molecule has 0 N–H and O–H groups in total. The van der Waals surface area contributed by atoms with Crippen LogP contribution in [0.25, 0.3) is 0 Å². The Morgan fingerprint density at radius 2 is 1.20 bits per heavy atom. The molecule has 3 unspecified atom stereocenters. The van der Waals surface area contributed by atoms with Crippen molar-refractivity contribution in [1.29, 1.82) is 0 Å². The molecule has 0 aromatic carbocycles. The van der Waals surface area contributed by atoms with Gasteiger partial charge in [-0.2, -0.15) is 0 Å². The first-order valence-electron chi connectivity index (χ1n) is 9.09. The van der Waals surface area contributed by atoms with Crippen LogP contribution in [0.5, 0.6) is 0 Å². The molecule has 0 saturated carbocycles. The van der Waals surface area contributed by atoms with E-state index in [-0.39, 0.29) is 0 Å². The summed E-state index contributed by atoms with van der Waals surface area (Å²) < 4.78 is 0. The second-order valence-corrected chi connectivity index (χ2v) is 7.44. The van der Waals surface area contributed by atoms with Crippen molar-refractivity contribution in [2.75, 3.05) is 0 Å². The van der Waals surface area contributed by atoms with E-state index in [0.717, 1.165) is 17.8 Å². The van der Waals surface area contributed by atoms with Crippen LogP contribution >= 0.6 is 0 Å². The van der Waals surface area contributed by atoms with Crippen molar-refractivity contribution in [3.05, 3.63) is 11.6 Å². The van der Waals surface area contributed by atoms with Crippen LogP contribution in [0.2, 0.25) is 0 Å². The smallest absolute Gasteiger partial charge is 0.0346 e. The molecule has 0 heteroatoms. The highest BCUT2D eigenvalue weighted by molar-refractivity contribution is 4.92. The molecule has 0 fully saturated rings. The molecule has 0 bridgehead atoms. The summed E-state index contributed by atoms with van der Waals surface area (Å²) in [5.74, 6) is 2.76. The van der Waals surface area contributed by atoms with Crippen molar-refractivity contribution >= 4 is 0 Å². The van der Waals surface area contributed by atoms with Crippen molar-refractivity contribution in [3.8, 4) is 0 Å². The molecule has 0 rings (SSSR count). The second kappa shape index (κ2) is 12.5. The first kappa shape index (κ1) is 19.7. The zero-order valence-corrected chi connectivity index (χ0v) is 15.2. The summed E-state index contributed by atoms with van der Waals surface area (Å²) in [5, 5.41) is 0.